The van der Waals surface area contributed by atoms with Gasteiger partial charge in [0.25, 0.3) is 0 Å². The summed E-state index contributed by atoms with van der Waals surface area (Å²) in [4.78, 5) is 11.2. The van der Waals surface area contributed by atoms with E-state index in [0.717, 1.165) is 13.0 Å². The van der Waals surface area contributed by atoms with Crippen LogP contribution in [0.3, 0.4) is 0 Å². The first-order chi connectivity index (χ1) is 7.69. The first-order valence-corrected chi connectivity index (χ1v) is 6.58. The summed E-state index contributed by atoms with van der Waals surface area (Å²) in [6, 6.07) is 0.363. The van der Waals surface area contributed by atoms with Gasteiger partial charge in [-0.3, -0.25) is 4.79 Å². The highest BCUT2D eigenvalue weighted by atomic mass is 16.5. The lowest BCUT2D eigenvalue weighted by Gasteiger charge is -2.57. The quantitative estimate of drug-likeness (QED) is 0.800. The average molecular weight is 225 g/mol. The monoisotopic (exact) mass is 225 g/mol. The van der Waals surface area contributed by atoms with E-state index in [1.165, 1.54) is 32.1 Å². The summed E-state index contributed by atoms with van der Waals surface area (Å²) in [5, 5.41) is 3.11. The lowest BCUT2D eigenvalue weighted by atomic mass is 9.55. The van der Waals surface area contributed by atoms with Gasteiger partial charge in [-0.25, -0.2) is 0 Å². The fourth-order valence-corrected chi connectivity index (χ4v) is 3.51. The van der Waals surface area contributed by atoms with Gasteiger partial charge in [0.15, 0.2) is 0 Å². The van der Waals surface area contributed by atoms with Gasteiger partial charge in [0.05, 0.1) is 6.10 Å². The SMILES string of the molecule is CCOC1CC(NC(C)=O)C12CCCCC2. The molecule has 0 aromatic carbocycles. The van der Waals surface area contributed by atoms with E-state index in [2.05, 4.69) is 12.2 Å². The molecule has 1 spiro atoms. The van der Waals surface area contributed by atoms with Crippen molar-refractivity contribution in [2.45, 2.75) is 64.5 Å². The third kappa shape index (κ3) is 1.97. The molecule has 2 atom stereocenters. The largest absolute Gasteiger partial charge is 0.378 e. The molecule has 2 rings (SSSR count). The molecule has 0 saturated heterocycles. The molecule has 0 aromatic heterocycles. The van der Waals surface area contributed by atoms with Gasteiger partial charge >= 0.3 is 0 Å². The highest BCUT2D eigenvalue weighted by molar-refractivity contribution is 5.73. The van der Waals surface area contributed by atoms with E-state index in [0.29, 0.717) is 12.1 Å². The zero-order chi connectivity index (χ0) is 11.6. The highest BCUT2D eigenvalue weighted by Gasteiger charge is 2.55. The topological polar surface area (TPSA) is 38.3 Å². The van der Waals surface area contributed by atoms with Crippen molar-refractivity contribution in [3.63, 3.8) is 0 Å². The Morgan fingerprint density at radius 1 is 1.38 bits per heavy atom. The van der Waals surface area contributed by atoms with Crippen molar-refractivity contribution in [1.29, 1.82) is 0 Å². The maximum Gasteiger partial charge on any atom is 0.217 e. The van der Waals surface area contributed by atoms with Gasteiger partial charge in [0.2, 0.25) is 5.91 Å². The van der Waals surface area contributed by atoms with Crippen molar-refractivity contribution in [2.24, 2.45) is 5.41 Å². The van der Waals surface area contributed by atoms with Crippen molar-refractivity contribution >= 4 is 5.91 Å². The zero-order valence-corrected chi connectivity index (χ0v) is 10.4. The molecule has 0 aromatic rings. The Hall–Kier alpha value is -0.570. The lowest BCUT2D eigenvalue weighted by molar-refractivity contribution is -0.156. The van der Waals surface area contributed by atoms with E-state index in [1.807, 2.05) is 0 Å². The highest BCUT2D eigenvalue weighted by Crippen LogP contribution is 2.53. The third-order valence-electron chi connectivity index (χ3n) is 4.31. The van der Waals surface area contributed by atoms with Crippen LogP contribution >= 0.6 is 0 Å². The van der Waals surface area contributed by atoms with E-state index in [1.54, 1.807) is 6.92 Å². The van der Waals surface area contributed by atoms with Gasteiger partial charge in [-0.05, 0) is 26.2 Å². The number of carbonyl (C=O) groups excluding carboxylic acids is 1. The Morgan fingerprint density at radius 2 is 2.06 bits per heavy atom. The second kappa shape index (κ2) is 4.74. The molecule has 3 heteroatoms. The first-order valence-electron chi connectivity index (χ1n) is 6.58. The molecule has 0 bridgehead atoms. The second-order valence-corrected chi connectivity index (χ2v) is 5.23. The normalized spacial score (nSPS) is 32.1. The molecule has 2 aliphatic rings. The molecular weight excluding hydrogens is 202 g/mol. The molecular formula is C13H23NO2. The maximum absolute atomic E-state index is 11.2. The molecule has 0 aliphatic heterocycles. The summed E-state index contributed by atoms with van der Waals surface area (Å²) in [7, 11) is 0. The number of rotatable bonds is 3. The summed E-state index contributed by atoms with van der Waals surface area (Å²) in [5.41, 5.74) is 0.264. The van der Waals surface area contributed by atoms with Gasteiger partial charge < -0.3 is 10.1 Å². The molecule has 0 radical (unpaired) electrons. The molecule has 92 valence electrons. The maximum atomic E-state index is 11.2. The Labute approximate surface area is 97.9 Å². The lowest BCUT2D eigenvalue weighted by Crippen LogP contribution is -2.65. The number of carbonyl (C=O) groups is 1. The molecule has 2 fully saturated rings. The minimum atomic E-state index is 0.102. The minimum Gasteiger partial charge on any atom is -0.378 e. The van der Waals surface area contributed by atoms with Crippen molar-refractivity contribution in [2.75, 3.05) is 6.61 Å². The Bertz CT molecular complexity index is 259. The fourth-order valence-electron chi connectivity index (χ4n) is 3.51. The zero-order valence-electron chi connectivity index (χ0n) is 10.4. The summed E-state index contributed by atoms with van der Waals surface area (Å²) in [5.74, 6) is 0.102. The molecule has 2 unspecified atom stereocenters. The van der Waals surface area contributed by atoms with Crippen molar-refractivity contribution in [1.82, 2.24) is 5.32 Å². The van der Waals surface area contributed by atoms with Crippen molar-refractivity contribution in [3.8, 4) is 0 Å². The predicted molar refractivity (Wildman–Crippen MR) is 63.2 cm³/mol. The summed E-state index contributed by atoms with van der Waals surface area (Å²) < 4.78 is 5.83. The first kappa shape index (κ1) is 11.9. The molecule has 3 nitrogen and oxygen atoms in total. The summed E-state index contributed by atoms with van der Waals surface area (Å²) >= 11 is 0. The average Bonchev–Trinajstić information content (AvgIpc) is 2.28. The third-order valence-corrected chi connectivity index (χ3v) is 4.31. The van der Waals surface area contributed by atoms with Crippen LogP contribution in [0.5, 0.6) is 0 Å². The van der Waals surface area contributed by atoms with Crippen molar-refractivity contribution in [3.05, 3.63) is 0 Å². The number of hydrogen-bond donors (Lipinski definition) is 1. The molecule has 1 amide bonds. The van der Waals surface area contributed by atoms with Crippen LogP contribution in [0.2, 0.25) is 0 Å². The van der Waals surface area contributed by atoms with Gasteiger partial charge in [0.1, 0.15) is 0 Å². The fraction of sp³-hybridized carbons (Fsp3) is 0.923. The van der Waals surface area contributed by atoms with Crippen LogP contribution in [0.15, 0.2) is 0 Å². The molecule has 16 heavy (non-hydrogen) atoms. The summed E-state index contributed by atoms with van der Waals surface area (Å²) in [6.45, 7) is 4.46. The van der Waals surface area contributed by atoms with E-state index >= 15 is 0 Å². The number of hydrogen-bond acceptors (Lipinski definition) is 2. The number of ether oxygens (including phenoxy) is 1. The van der Waals surface area contributed by atoms with E-state index in [9.17, 15) is 4.79 Å². The minimum absolute atomic E-state index is 0.102. The van der Waals surface area contributed by atoms with Crippen LogP contribution in [0.1, 0.15) is 52.4 Å². The number of amides is 1. The van der Waals surface area contributed by atoms with Crippen LogP contribution in [-0.4, -0.2) is 24.7 Å². The Balaban J connectivity index is 2.02. The Kier molecular flexibility index (Phi) is 3.53. The van der Waals surface area contributed by atoms with Gasteiger partial charge in [-0.2, -0.15) is 0 Å². The van der Waals surface area contributed by atoms with Crippen LogP contribution in [-0.2, 0) is 9.53 Å². The van der Waals surface area contributed by atoms with E-state index < -0.39 is 0 Å². The predicted octanol–water partition coefficient (Wildman–Crippen LogP) is 2.25. The van der Waals surface area contributed by atoms with Crippen LogP contribution in [0, 0.1) is 5.41 Å². The molecule has 2 aliphatic carbocycles. The van der Waals surface area contributed by atoms with Crippen molar-refractivity contribution < 1.29 is 9.53 Å². The Morgan fingerprint density at radius 3 is 2.62 bits per heavy atom. The van der Waals surface area contributed by atoms with Gasteiger partial charge in [0, 0.05) is 25.0 Å². The smallest absolute Gasteiger partial charge is 0.217 e. The molecule has 0 heterocycles. The standard InChI is InChI=1S/C13H23NO2/c1-3-16-12-9-11(14-10(2)15)13(12)7-5-4-6-8-13/h11-12H,3-9H2,1-2H3,(H,14,15). The molecule has 1 N–H and O–H groups in total. The van der Waals surface area contributed by atoms with Gasteiger partial charge in [-0.1, -0.05) is 19.3 Å². The molecule has 2 saturated carbocycles. The van der Waals surface area contributed by atoms with Gasteiger partial charge in [-0.15, -0.1) is 0 Å². The van der Waals surface area contributed by atoms with Crippen LogP contribution in [0.25, 0.3) is 0 Å². The van der Waals surface area contributed by atoms with Crippen LogP contribution < -0.4 is 5.32 Å². The second-order valence-electron chi connectivity index (χ2n) is 5.23. The van der Waals surface area contributed by atoms with E-state index in [-0.39, 0.29) is 11.3 Å². The number of nitrogens with one attached hydrogen (secondary N) is 1. The van der Waals surface area contributed by atoms with Crippen LogP contribution in [0.4, 0.5) is 0 Å². The summed E-state index contributed by atoms with van der Waals surface area (Å²) in [6.07, 6.45) is 7.76. The van der Waals surface area contributed by atoms with E-state index in [4.69, 9.17) is 4.74 Å².